The quantitative estimate of drug-likeness (QED) is 0.745. The Kier molecular flexibility index (Phi) is 5.74. The molecule has 0 saturated carbocycles. The minimum atomic E-state index is -3.71. The summed E-state index contributed by atoms with van der Waals surface area (Å²) >= 11 is 3.30. The number of hydrogen-bond acceptors (Lipinski definition) is 5. The first-order chi connectivity index (χ1) is 12.4. The zero-order chi connectivity index (χ0) is 18.7. The van der Waals surface area contributed by atoms with Gasteiger partial charge in [0, 0.05) is 23.0 Å². The largest absolute Gasteiger partial charge is 0.493 e. The topological polar surface area (TPSA) is 73.9 Å². The number of rotatable bonds is 6. The molecule has 6 nitrogen and oxygen atoms in total. The van der Waals surface area contributed by atoms with Gasteiger partial charge in [0.1, 0.15) is 10.6 Å². The van der Waals surface area contributed by atoms with Crippen LogP contribution in [-0.4, -0.2) is 35.8 Å². The molecule has 1 heterocycles. The number of para-hydroxylation sites is 1. The lowest BCUT2D eigenvalue weighted by atomic mass is 9.97. The molecule has 0 bridgehead atoms. The summed E-state index contributed by atoms with van der Waals surface area (Å²) in [5.41, 5.74) is 1.09. The molecular weight excluding hydrogens is 422 g/mol. The van der Waals surface area contributed by atoms with E-state index < -0.39 is 10.0 Å². The standard InChI is InChI=1S/C18H20BrNO5S/c1-23-16-8-14(19)18(9-17(16)24-2)26(21,22)20-10-12-7-13-5-3-4-6-15(13)25-11-12/h3-6,8-9,12,20H,7,10-11H2,1-2H3. The van der Waals surface area contributed by atoms with E-state index in [0.717, 1.165) is 17.7 Å². The number of halogens is 1. The van der Waals surface area contributed by atoms with E-state index in [4.69, 9.17) is 14.2 Å². The number of fused-ring (bicyclic) bond motifs is 1. The molecule has 0 spiro atoms. The number of benzene rings is 2. The van der Waals surface area contributed by atoms with Crippen LogP contribution < -0.4 is 18.9 Å². The highest BCUT2D eigenvalue weighted by molar-refractivity contribution is 9.10. The summed E-state index contributed by atoms with van der Waals surface area (Å²) < 4.78 is 44.6. The smallest absolute Gasteiger partial charge is 0.241 e. The summed E-state index contributed by atoms with van der Waals surface area (Å²) in [6.07, 6.45) is 0.770. The molecule has 140 valence electrons. The Labute approximate surface area is 161 Å². The van der Waals surface area contributed by atoms with E-state index in [2.05, 4.69) is 20.7 Å². The first kappa shape index (κ1) is 19.0. The van der Waals surface area contributed by atoms with Crippen molar-refractivity contribution >= 4 is 26.0 Å². The maximum Gasteiger partial charge on any atom is 0.241 e. The van der Waals surface area contributed by atoms with Crippen molar-refractivity contribution in [3.63, 3.8) is 0 Å². The summed E-state index contributed by atoms with van der Waals surface area (Å²) in [5.74, 6) is 1.74. The van der Waals surface area contributed by atoms with Crippen LogP contribution in [-0.2, 0) is 16.4 Å². The van der Waals surface area contributed by atoms with Crippen LogP contribution >= 0.6 is 15.9 Å². The molecule has 0 fully saturated rings. The molecule has 0 aliphatic carbocycles. The highest BCUT2D eigenvalue weighted by atomic mass is 79.9. The first-order valence-electron chi connectivity index (χ1n) is 8.06. The average Bonchev–Trinajstić information content (AvgIpc) is 2.65. The Hall–Kier alpha value is -1.77. The Balaban J connectivity index is 1.74. The van der Waals surface area contributed by atoms with Crippen molar-refractivity contribution in [3.05, 3.63) is 46.4 Å². The van der Waals surface area contributed by atoms with Crippen LogP contribution in [0.15, 0.2) is 45.8 Å². The van der Waals surface area contributed by atoms with Crippen molar-refractivity contribution in [1.29, 1.82) is 0 Å². The zero-order valence-corrected chi connectivity index (χ0v) is 16.9. The summed E-state index contributed by atoms with van der Waals surface area (Å²) in [7, 11) is -0.751. The number of ether oxygens (including phenoxy) is 3. The Morgan fingerprint density at radius 1 is 1.19 bits per heavy atom. The molecule has 26 heavy (non-hydrogen) atoms. The van der Waals surface area contributed by atoms with Gasteiger partial charge in [0.25, 0.3) is 0 Å². The van der Waals surface area contributed by atoms with Crippen molar-refractivity contribution in [2.45, 2.75) is 11.3 Å². The minimum absolute atomic E-state index is 0.0681. The van der Waals surface area contributed by atoms with Gasteiger partial charge < -0.3 is 14.2 Å². The second kappa shape index (κ2) is 7.85. The fourth-order valence-electron chi connectivity index (χ4n) is 2.87. The zero-order valence-electron chi connectivity index (χ0n) is 14.5. The van der Waals surface area contributed by atoms with Gasteiger partial charge in [-0.25, -0.2) is 13.1 Å². The number of hydrogen-bond donors (Lipinski definition) is 1. The van der Waals surface area contributed by atoms with Gasteiger partial charge in [-0.3, -0.25) is 0 Å². The maximum atomic E-state index is 12.7. The molecule has 0 radical (unpaired) electrons. The average molecular weight is 442 g/mol. The molecule has 0 saturated heterocycles. The molecule has 1 N–H and O–H groups in total. The molecule has 1 unspecified atom stereocenters. The van der Waals surface area contributed by atoms with Crippen molar-refractivity contribution in [3.8, 4) is 17.2 Å². The predicted octanol–water partition coefficient (Wildman–Crippen LogP) is 3.00. The summed E-state index contributed by atoms with van der Waals surface area (Å²) in [6.45, 7) is 0.768. The van der Waals surface area contributed by atoms with E-state index in [9.17, 15) is 8.42 Å². The second-order valence-corrected chi connectivity index (χ2v) is 8.57. The Morgan fingerprint density at radius 2 is 1.88 bits per heavy atom. The SMILES string of the molecule is COc1cc(Br)c(S(=O)(=O)NCC2COc3ccccc3C2)cc1OC. The summed E-state index contributed by atoms with van der Waals surface area (Å²) in [6, 6.07) is 10.8. The Morgan fingerprint density at radius 3 is 2.62 bits per heavy atom. The summed E-state index contributed by atoms with van der Waals surface area (Å²) in [4.78, 5) is 0.104. The van der Waals surface area contributed by atoms with Crippen LogP contribution in [0.2, 0.25) is 0 Å². The van der Waals surface area contributed by atoms with Gasteiger partial charge in [-0.05, 0) is 40.0 Å². The van der Waals surface area contributed by atoms with E-state index in [1.54, 1.807) is 6.07 Å². The van der Waals surface area contributed by atoms with Crippen LogP contribution in [0.3, 0.4) is 0 Å². The van der Waals surface area contributed by atoms with Crippen molar-refractivity contribution in [2.24, 2.45) is 5.92 Å². The normalized spacial score (nSPS) is 16.5. The van der Waals surface area contributed by atoms with Crippen LogP contribution in [0.25, 0.3) is 0 Å². The van der Waals surface area contributed by atoms with Crippen LogP contribution in [0.1, 0.15) is 5.56 Å². The van der Waals surface area contributed by atoms with Gasteiger partial charge >= 0.3 is 0 Å². The molecule has 1 aliphatic rings. The molecular formula is C18H20BrNO5S. The molecule has 3 rings (SSSR count). The predicted molar refractivity (Wildman–Crippen MR) is 102 cm³/mol. The fourth-order valence-corrected chi connectivity index (χ4v) is 5.02. The minimum Gasteiger partial charge on any atom is -0.493 e. The molecule has 1 atom stereocenters. The third-order valence-electron chi connectivity index (χ3n) is 4.25. The van der Waals surface area contributed by atoms with Crippen molar-refractivity contribution in [2.75, 3.05) is 27.4 Å². The van der Waals surface area contributed by atoms with Crippen LogP contribution in [0.5, 0.6) is 17.2 Å². The van der Waals surface area contributed by atoms with Crippen LogP contribution in [0, 0.1) is 5.92 Å². The fraction of sp³-hybridized carbons (Fsp3) is 0.333. The molecule has 8 heteroatoms. The van der Waals surface area contributed by atoms with E-state index in [1.165, 1.54) is 20.3 Å². The van der Waals surface area contributed by atoms with E-state index in [-0.39, 0.29) is 17.4 Å². The molecule has 2 aromatic carbocycles. The number of methoxy groups -OCH3 is 2. The van der Waals surface area contributed by atoms with Crippen molar-refractivity contribution in [1.82, 2.24) is 4.72 Å². The van der Waals surface area contributed by atoms with Crippen LogP contribution in [0.4, 0.5) is 0 Å². The maximum absolute atomic E-state index is 12.7. The lowest BCUT2D eigenvalue weighted by molar-refractivity contribution is 0.223. The summed E-state index contributed by atoms with van der Waals surface area (Å²) in [5, 5.41) is 0. The number of sulfonamides is 1. The van der Waals surface area contributed by atoms with Crippen molar-refractivity contribution < 1.29 is 22.6 Å². The van der Waals surface area contributed by atoms with E-state index in [0.29, 0.717) is 22.6 Å². The lowest BCUT2D eigenvalue weighted by Crippen LogP contribution is -2.35. The highest BCUT2D eigenvalue weighted by Gasteiger charge is 2.25. The van der Waals surface area contributed by atoms with E-state index >= 15 is 0 Å². The van der Waals surface area contributed by atoms with Gasteiger partial charge in [0.15, 0.2) is 11.5 Å². The monoisotopic (exact) mass is 441 g/mol. The molecule has 0 amide bonds. The Bertz CT molecular complexity index is 900. The molecule has 0 aromatic heterocycles. The molecule has 1 aliphatic heterocycles. The van der Waals surface area contributed by atoms with E-state index in [1.807, 2.05) is 24.3 Å². The molecule has 2 aromatic rings. The van der Waals surface area contributed by atoms with Gasteiger partial charge in [-0.1, -0.05) is 18.2 Å². The van der Waals surface area contributed by atoms with Gasteiger partial charge in [0.2, 0.25) is 10.0 Å². The number of nitrogens with one attached hydrogen (secondary N) is 1. The second-order valence-electron chi connectivity index (χ2n) is 5.98. The van der Waals surface area contributed by atoms with Gasteiger partial charge in [-0.15, -0.1) is 0 Å². The van der Waals surface area contributed by atoms with Gasteiger partial charge in [0.05, 0.1) is 20.8 Å². The third kappa shape index (κ3) is 3.97. The highest BCUT2D eigenvalue weighted by Crippen LogP contribution is 2.35. The van der Waals surface area contributed by atoms with Gasteiger partial charge in [-0.2, -0.15) is 0 Å². The lowest BCUT2D eigenvalue weighted by Gasteiger charge is -2.25. The third-order valence-corrected chi connectivity index (χ3v) is 6.63. The first-order valence-corrected chi connectivity index (χ1v) is 10.3.